The highest BCUT2D eigenvalue weighted by Crippen LogP contribution is 2.35. The van der Waals surface area contributed by atoms with Crippen LogP contribution < -0.4 is 20.1 Å². The van der Waals surface area contributed by atoms with Crippen molar-refractivity contribution in [2.24, 2.45) is 0 Å². The lowest BCUT2D eigenvalue weighted by Crippen LogP contribution is -2.59. The Morgan fingerprint density at radius 3 is 2.26 bits per heavy atom. The van der Waals surface area contributed by atoms with E-state index in [2.05, 4.69) is 15.5 Å². The number of nitrogens with one attached hydrogen (secondary N) is 2. The number of hydrogen-bond donors (Lipinski definition) is 2. The third-order valence-corrected chi connectivity index (χ3v) is 6.61. The zero-order chi connectivity index (χ0) is 28.2. The van der Waals surface area contributed by atoms with Crippen molar-refractivity contribution in [3.63, 3.8) is 0 Å². The predicted octanol–water partition coefficient (Wildman–Crippen LogP) is 2.73. The summed E-state index contributed by atoms with van der Waals surface area (Å²) in [6, 6.07) is 4.01. The van der Waals surface area contributed by atoms with E-state index >= 15 is 0 Å². The highest BCUT2D eigenvalue weighted by atomic mass is 16.5. The molecule has 0 unspecified atom stereocenters. The maximum absolute atomic E-state index is 13.3. The van der Waals surface area contributed by atoms with Crippen LogP contribution >= 0.6 is 0 Å². The number of ether oxygens (including phenoxy) is 3. The maximum Gasteiger partial charge on any atom is 0.338 e. The van der Waals surface area contributed by atoms with Crippen molar-refractivity contribution in [2.75, 3.05) is 54.1 Å². The third kappa shape index (κ3) is 6.69. The van der Waals surface area contributed by atoms with Crippen molar-refractivity contribution < 1.29 is 28.6 Å². The number of hydrogen-bond acceptors (Lipinski definition) is 7. The summed E-state index contributed by atoms with van der Waals surface area (Å²) in [5.41, 5.74) is 1.22. The van der Waals surface area contributed by atoms with Crippen molar-refractivity contribution in [1.82, 2.24) is 25.3 Å². The molecule has 2 atom stereocenters. The van der Waals surface area contributed by atoms with E-state index in [0.717, 1.165) is 0 Å². The Morgan fingerprint density at radius 2 is 1.74 bits per heavy atom. The van der Waals surface area contributed by atoms with Gasteiger partial charge in [-0.3, -0.25) is 9.80 Å². The van der Waals surface area contributed by atoms with Crippen LogP contribution in [0, 0.1) is 0 Å². The van der Waals surface area contributed by atoms with Crippen LogP contribution in [0.1, 0.15) is 46.2 Å². The molecule has 3 rings (SSSR count). The van der Waals surface area contributed by atoms with Crippen LogP contribution in [0.4, 0.5) is 9.59 Å². The number of piperazine rings is 1. The third-order valence-electron chi connectivity index (χ3n) is 6.61. The molecule has 0 saturated carbocycles. The molecule has 0 aromatic heterocycles. The quantitative estimate of drug-likeness (QED) is 0.520. The minimum absolute atomic E-state index is 0.0566. The zero-order valence-electron chi connectivity index (χ0n) is 23.7. The van der Waals surface area contributed by atoms with Crippen molar-refractivity contribution in [1.29, 1.82) is 0 Å². The molecule has 11 heteroatoms. The Hall–Kier alpha value is -3.47. The lowest BCUT2D eigenvalue weighted by molar-refractivity contribution is -0.139. The van der Waals surface area contributed by atoms with Crippen LogP contribution in [0.25, 0.3) is 0 Å². The monoisotopic (exact) mass is 531 g/mol. The van der Waals surface area contributed by atoms with Gasteiger partial charge in [0.1, 0.15) is 11.5 Å². The molecular weight excluding hydrogens is 490 g/mol. The average Bonchev–Trinajstić information content (AvgIpc) is 2.85. The van der Waals surface area contributed by atoms with Gasteiger partial charge in [-0.2, -0.15) is 0 Å². The highest BCUT2D eigenvalue weighted by molar-refractivity contribution is 5.95. The Kier molecular flexibility index (Phi) is 9.14. The summed E-state index contributed by atoms with van der Waals surface area (Å²) in [4.78, 5) is 44.6. The second-order valence-electron chi connectivity index (χ2n) is 10.6. The summed E-state index contributed by atoms with van der Waals surface area (Å²) in [7, 11) is 4.73. The smallest absolute Gasteiger partial charge is 0.338 e. The first-order valence-electron chi connectivity index (χ1n) is 12.9. The van der Waals surface area contributed by atoms with Crippen molar-refractivity contribution >= 4 is 18.0 Å². The van der Waals surface area contributed by atoms with Gasteiger partial charge in [0.2, 0.25) is 0 Å². The Morgan fingerprint density at radius 1 is 1.11 bits per heavy atom. The molecule has 0 aliphatic carbocycles. The van der Waals surface area contributed by atoms with Gasteiger partial charge >= 0.3 is 18.0 Å². The first kappa shape index (κ1) is 29.1. The van der Waals surface area contributed by atoms with E-state index in [1.54, 1.807) is 46.4 Å². The minimum atomic E-state index is -0.756. The second-order valence-corrected chi connectivity index (χ2v) is 10.6. The molecule has 2 aliphatic heterocycles. The Bertz CT molecular complexity index is 1060. The molecule has 0 bridgehead atoms. The molecule has 4 amide bonds. The number of likely N-dealkylation sites (N-methyl/N-ethyl adjacent to an activating group) is 1. The first-order chi connectivity index (χ1) is 17.9. The summed E-state index contributed by atoms with van der Waals surface area (Å²) >= 11 is 0. The van der Waals surface area contributed by atoms with Crippen LogP contribution in [0.2, 0.25) is 0 Å². The predicted molar refractivity (Wildman–Crippen MR) is 143 cm³/mol. The topological polar surface area (TPSA) is 113 Å². The summed E-state index contributed by atoms with van der Waals surface area (Å²) in [6.45, 7) is 11.8. The Labute approximate surface area is 225 Å². The number of amides is 4. The van der Waals surface area contributed by atoms with Crippen LogP contribution in [0.3, 0.4) is 0 Å². The zero-order valence-corrected chi connectivity index (χ0v) is 23.7. The number of carbonyl (C=O) groups excluding carboxylic acids is 3. The molecule has 0 spiro atoms. The molecule has 210 valence electrons. The fraction of sp³-hybridized carbons (Fsp3) is 0.593. The van der Waals surface area contributed by atoms with E-state index in [4.69, 9.17) is 14.2 Å². The molecule has 2 heterocycles. The molecule has 1 aromatic rings. The van der Waals surface area contributed by atoms with E-state index in [9.17, 15) is 14.4 Å². The van der Waals surface area contributed by atoms with Gasteiger partial charge < -0.3 is 29.7 Å². The highest BCUT2D eigenvalue weighted by Gasteiger charge is 2.39. The number of esters is 1. The number of benzene rings is 1. The average molecular weight is 532 g/mol. The fourth-order valence-electron chi connectivity index (χ4n) is 4.73. The molecule has 38 heavy (non-hydrogen) atoms. The van der Waals surface area contributed by atoms with E-state index in [0.29, 0.717) is 54.5 Å². The van der Waals surface area contributed by atoms with E-state index in [1.165, 1.54) is 4.90 Å². The summed E-state index contributed by atoms with van der Waals surface area (Å²) in [6.07, 6.45) is 0. The van der Waals surface area contributed by atoms with Gasteiger partial charge in [-0.05, 0) is 52.3 Å². The molecule has 2 N–H and O–H groups in total. The van der Waals surface area contributed by atoms with Crippen LogP contribution in [0.5, 0.6) is 11.5 Å². The van der Waals surface area contributed by atoms with Crippen molar-refractivity contribution in [2.45, 2.75) is 52.2 Å². The van der Waals surface area contributed by atoms with E-state index in [1.807, 2.05) is 32.6 Å². The number of carbonyl (C=O) groups is 3. The van der Waals surface area contributed by atoms with E-state index in [-0.39, 0.29) is 30.2 Å². The van der Waals surface area contributed by atoms with Gasteiger partial charge in [0.25, 0.3) is 0 Å². The number of methoxy groups -OCH3 is 2. The summed E-state index contributed by atoms with van der Waals surface area (Å²) in [5.74, 6) is 0.573. The summed E-state index contributed by atoms with van der Waals surface area (Å²) < 4.78 is 16.3. The molecule has 1 aromatic carbocycles. The van der Waals surface area contributed by atoms with Gasteiger partial charge in [0.05, 0.1) is 32.4 Å². The lowest BCUT2D eigenvalue weighted by atomic mass is 9.93. The normalized spacial score (nSPS) is 20.7. The number of nitrogens with zero attached hydrogens (tertiary/aromatic N) is 3. The van der Waals surface area contributed by atoms with Crippen LogP contribution in [-0.4, -0.2) is 98.4 Å². The molecule has 1 fully saturated rings. The Balaban J connectivity index is 1.95. The molecule has 1 saturated heterocycles. The number of urea groups is 2. The summed E-state index contributed by atoms with van der Waals surface area (Å²) in [5, 5.41) is 5.95. The lowest BCUT2D eigenvalue weighted by Gasteiger charge is -2.43. The largest absolute Gasteiger partial charge is 0.497 e. The standard InChI is InChI=1S/C27H41N5O6/c1-9-38-24(33)22-21(16-31-10-11-32(17(2)15-31)26(35)29-27(3,4)5)30(6)25(34)28-23(22)18-12-19(36-7)14-20(13-18)37-8/h12-14,17,23H,9-11,15-16H2,1-8H3,(H,28,34)(H,29,35)/t17-,23-/m0/s1. The van der Waals surface area contributed by atoms with Gasteiger partial charge in [0.15, 0.2) is 0 Å². The van der Waals surface area contributed by atoms with Gasteiger partial charge in [-0.1, -0.05) is 0 Å². The van der Waals surface area contributed by atoms with Crippen LogP contribution in [0.15, 0.2) is 29.5 Å². The molecule has 0 radical (unpaired) electrons. The maximum atomic E-state index is 13.3. The first-order valence-corrected chi connectivity index (χ1v) is 12.9. The van der Waals surface area contributed by atoms with Crippen molar-refractivity contribution in [3.05, 3.63) is 35.0 Å². The molecular formula is C27H41N5O6. The van der Waals surface area contributed by atoms with Gasteiger partial charge in [-0.25, -0.2) is 14.4 Å². The number of rotatable bonds is 7. The minimum Gasteiger partial charge on any atom is -0.497 e. The van der Waals surface area contributed by atoms with E-state index < -0.39 is 12.0 Å². The SMILES string of the molecule is CCOC(=O)C1=C(CN2CCN(C(=O)NC(C)(C)C)[C@@H](C)C2)N(C)C(=O)N[C@H]1c1cc(OC)cc(OC)c1. The van der Waals surface area contributed by atoms with Gasteiger partial charge in [-0.15, -0.1) is 0 Å². The molecule has 2 aliphatic rings. The van der Waals surface area contributed by atoms with Gasteiger partial charge in [0, 0.05) is 56.6 Å². The van der Waals surface area contributed by atoms with Crippen molar-refractivity contribution in [3.8, 4) is 11.5 Å². The van der Waals surface area contributed by atoms with Crippen LogP contribution in [-0.2, 0) is 9.53 Å². The second kappa shape index (κ2) is 11.9. The molecule has 11 nitrogen and oxygen atoms in total. The fourth-order valence-corrected chi connectivity index (χ4v) is 4.73.